The van der Waals surface area contributed by atoms with Crippen LogP contribution in [0, 0.1) is 0 Å². The van der Waals surface area contributed by atoms with E-state index in [1.165, 1.54) is 44.6 Å². The Morgan fingerprint density at radius 3 is 2.44 bits per heavy atom. The number of methoxy groups -OCH3 is 2. The summed E-state index contributed by atoms with van der Waals surface area (Å²) in [5.74, 6) is -2.53. The van der Waals surface area contributed by atoms with Crippen LogP contribution in [0.25, 0.3) is 5.69 Å². The van der Waals surface area contributed by atoms with Crippen LogP contribution in [-0.4, -0.2) is 40.1 Å². The van der Waals surface area contributed by atoms with E-state index < -0.39 is 36.6 Å². The zero-order chi connectivity index (χ0) is 24.8. The van der Waals surface area contributed by atoms with E-state index in [1.54, 1.807) is 0 Å². The Labute approximate surface area is 200 Å². The minimum absolute atomic E-state index is 0.00982. The molecular formula is C21H16Cl2F3N3O5. The Kier molecular flexibility index (Phi) is 6.36. The van der Waals surface area contributed by atoms with Gasteiger partial charge in [0.25, 0.3) is 0 Å². The molecule has 0 saturated carbocycles. The molecule has 0 aliphatic carbocycles. The fraction of sp³-hybridized carbons (Fsp3) is 0.286. The summed E-state index contributed by atoms with van der Waals surface area (Å²) in [6, 6.07) is 7.15. The average molecular weight is 518 g/mol. The zero-order valence-corrected chi connectivity index (χ0v) is 19.1. The van der Waals surface area contributed by atoms with Gasteiger partial charge in [0.2, 0.25) is 5.82 Å². The van der Waals surface area contributed by atoms with Crippen LogP contribution >= 0.6 is 23.2 Å². The second-order valence-corrected chi connectivity index (χ2v) is 8.12. The first kappa shape index (κ1) is 24.1. The van der Waals surface area contributed by atoms with Crippen LogP contribution in [0.3, 0.4) is 0 Å². The number of hydrogen-bond acceptors (Lipinski definition) is 6. The predicted molar refractivity (Wildman–Crippen MR) is 114 cm³/mol. The van der Waals surface area contributed by atoms with Gasteiger partial charge in [0.15, 0.2) is 17.3 Å². The van der Waals surface area contributed by atoms with Gasteiger partial charge in [-0.3, -0.25) is 9.36 Å². The van der Waals surface area contributed by atoms with Crippen LogP contribution in [0.15, 0.2) is 30.3 Å². The summed E-state index contributed by atoms with van der Waals surface area (Å²) in [7, 11) is 2.76. The highest BCUT2D eigenvalue weighted by atomic mass is 35.5. The lowest BCUT2D eigenvalue weighted by molar-refractivity contribution is -0.146. The molecule has 1 aliphatic heterocycles. The molecule has 8 nitrogen and oxygen atoms in total. The first-order valence-electron chi connectivity index (χ1n) is 9.66. The molecule has 0 spiro atoms. The SMILES string of the molecule is COc1cc(Cl)cc(C2OC(CC(=O)O)c3nnc(C(F)(F)F)n3-c3ccc(Cl)cc32)c1OC. The number of carbonyl (C=O) groups is 1. The number of fused-ring (bicyclic) bond motifs is 3. The van der Waals surface area contributed by atoms with E-state index in [1.807, 2.05) is 0 Å². The molecule has 0 amide bonds. The number of hydrogen-bond donors (Lipinski definition) is 1. The summed E-state index contributed by atoms with van der Waals surface area (Å²) >= 11 is 12.5. The maximum atomic E-state index is 13.8. The summed E-state index contributed by atoms with van der Waals surface area (Å²) < 4.78 is 59.2. The minimum atomic E-state index is -4.88. The van der Waals surface area contributed by atoms with Gasteiger partial charge in [0.05, 0.1) is 26.3 Å². The third kappa shape index (κ3) is 4.26. The topological polar surface area (TPSA) is 95.7 Å². The first-order valence-corrected chi connectivity index (χ1v) is 10.4. The van der Waals surface area contributed by atoms with Crippen molar-refractivity contribution in [2.45, 2.75) is 24.8 Å². The molecule has 2 atom stereocenters. The lowest BCUT2D eigenvalue weighted by Crippen LogP contribution is -2.17. The van der Waals surface area contributed by atoms with E-state index in [2.05, 4.69) is 10.2 Å². The maximum absolute atomic E-state index is 13.8. The van der Waals surface area contributed by atoms with E-state index in [0.717, 1.165) is 4.57 Å². The predicted octanol–water partition coefficient (Wildman–Crippen LogP) is 5.25. The highest BCUT2D eigenvalue weighted by Crippen LogP contribution is 2.48. The normalized spacial score (nSPS) is 17.5. The van der Waals surface area contributed by atoms with Crippen molar-refractivity contribution in [1.82, 2.24) is 14.8 Å². The maximum Gasteiger partial charge on any atom is 0.452 e. The fourth-order valence-electron chi connectivity index (χ4n) is 3.86. The summed E-state index contributed by atoms with van der Waals surface area (Å²) in [4.78, 5) is 11.6. The van der Waals surface area contributed by atoms with Gasteiger partial charge in [-0.25, -0.2) is 0 Å². The van der Waals surface area contributed by atoms with Crippen molar-refractivity contribution in [2.24, 2.45) is 0 Å². The summed E-state index contributed by atoms with van der Waals surface area (Å²) in [6.45, 7) is 0. The van der Waals surface area contributed by atoms with Gasteiger partial charge in [-0.15, -0.1) is 10.2 Å². The van der Waals surface area contributed by atoms with Gasteiger partial charge >= 0.3 is 12.1 Å². The third-order valence-corrected chi connectivity index (χ3v) is 5.61. The van der Waals surface area contributed by atoms with Crippen molar-refractivity contribution in [3.8, 4) is 17.2 Å². The molecule has 0 saturated heterocycles. The molecule has 1 aliphatic rings. The van der Waals surface area contributed by atoms with E-state index >= 15 is 0 Å². The molecule has 0 fully saturated rings. The van der Waals surface area contributed by atoms with Crippen LogP contribution in [0.4, 0.5) is 13.2 Å². The highest BCUT2D eigenvalue weighted by molar-refractivity contribution is 6.31. The van der Waals surface area contributed by atoms with E-state index in [-0.39, 0.29) is 44.2 Å². The van der Waals surface area contributed by atoms with E-state index in [0.29, 0.717) is 0 Å². The Morgan fingerprint density at radius 1 is 1.12 bits per heavy atom. The molecular weight excluding hydrogens is 502 g/mol. The number of halogens is 5. The van der Waals surface area contributed by atoms with Crippen LogP contribution in [-0.2, 0) is 15.7 Å². The van der Waals surface area contributed by atoms with Crippen LogP contribution in [0.2, 0.25) is 10.0 Å². The largest absolute Gasteiger partial charge is 0.493 e. The zero-order valence-electron chi connectivity index (χ0n) is 17.6. The number of carboxylic acids is 1. The number of carboxylic acid groups (broad SMARTS) is 1. The lowest BCUT2D eigenvalue weighted by Gasteiger charge is -2.24. The Bertz CT molecular complexity index is 1270. The van der Waals surface area contributed by atoms with Crippen molar-refractivity contribution in [3.05, 3.63) is 63.2 Å². The molecule has 1 N–H and O–H groups in total. The number of rotatable bonds is 5. The number of ether oxygens (including phenoxy) is 3. The molecule has 13 heteroatoms. The molecule has 180 valence electrons. The smallest absolute Gasteiger partial charge is 0.452 e. The molecule has 0 bridgehead atoms. The van der Waals surface area contributed by atoms with Gasteiger partial charge in [0, 0.05) is 27.2 Å². The average Bonchev–Trinajstić information content (AvgIpc) is 3.16. The van der Waals surface area contributed by atoms with Crippen molar-refractivity contribution >= 4 is 29.2 Å². The summed E-state index contributed by atoms with van der Waals surface area (Å²) in [5, 5.41) is 16.8. The highest BCUT2D eigenvalue weighted by Gasteiger charge is 2.44. The van der Waals surface area contributed by atoms with Crippen LogP contribution < -0.4 is 9.47 Å². The Hall–Kier alpha value is -3.02. The molecule has 4 rings (SSSR count). The van der Waals surface area contributed by atoms with Crippen molar-refractivity contribution in [3.63, 3.8) is 0 Å². The van der Waals surface area contributed by atoms with Crippen LogP contribution in [0.5, 0.6) is 11.5 Å². The quantitative estimate of drug-likeness (QED) is 0.493. The molecule has 34 heavy (non-hydrogen) atoms. The fourth-order valence-corrected chi connectivity index (χ4v) is 4.25. The van der Waals surface area contributed by atoms with Crippen molar-refractivity contribution in [2.75, 3.05) is 14.2 Å². The molecule has 1 aromatic heterocycles. The second-order valence-electron chi connectivity index (χ2n) is 7.25. The monoisotopic (exact) mass is 517 g/mol. The molecule has 2 heterocycles. The molecule has 2 aromatic carbocycles. The Morgan fingerprint density at radius 2 is 1.82 bits per heavy atom. The number of aromatic nitrogens is 3. The third-order valence-electron chi connectivity index (χ3n) is 5.16. The minimum Gasteiger partial charge on any atom is -0.493 e. The van der Waals surface area contributed by atoms with Gasteiger partial charge in [-0.1, -0.05) is 23.2 Å². The van der Waals surface area contributed by atoms with Crippen molar-refractivity contribution < 1.29 is 37.3 Å². The first-order chi connectivity index (χ1) is 16.0. The van der Waals surface area contributed by atoms with Gasteiger partial charge in [-0.05, 0) is 24.3 Å². The Balaban J connectivity index is 2.06. The van der Waals surface area contributed by atoms with E-state index in [9.17, 15) is 23.1 Å². The number of nitrogens with zero attached hydrogens (tertiary/aromatic N) is 3. The number of alkyl halides is 3. The number of benzene rings is 2. The summed E-state index contributed by atoms with van der Waals surface area (Å²) in [6.07, 6.45) is -8.13. The van der Waals surface area contributed by atoms with E-state index in [4.69, 9.17) is 37.4 Å². The van der Waals surface area contributed by atoms with Gasteiger partial charge in [-0.2, -0.15) is 13.2 Å². The van der Waals surface area contributed by atoms with Gasteiger partial charge in [0.1, 0.15) is 12.2 Å². The number of aliphatic carboxylic acids is 1. The van der Waals surface area contributed by atoms with Crippen LogP contribution in [0.1, 0.15) is 41.4 Å². The lowest BCUT2D eigenvalue weighted by atomic mass is 9.98. The van der Waals surface area contributed by atoms with Crippen molar-refractivity contribution in [1.29, 1.82) is 0 Å². The summed E-state index contributed by atoms with van der Waals surface area (Å²) in [5.41, 5.74) is 0.489. The standard InChI is InChI=1S/C21H16Cl2F3N3O5/c1-32-14-7-10(23)6-12(18(14)33-2)17-11-5-9(22)3-4-13(11)29-19(15(34-17)8-16(30)31)27-28-20(29)21(24,25)26/h3-7,15,17H,8H2,1-2H3,(H,30,31). The second kappa shape index (κ2) is 8.97. The van der Waals surface area contributed by atoms with Gasteiger partial charge < -0.3 is 19.3 Å². The molecule has 2 unspecified atom stereocenters. The molecule has 3 aromatic rings. The molecule has 0 radical (unpaired) electrons.